The van der Waals surface area contributed by atoms with Crippen molar-refractivity contribution in [3.8, 4) is 11.5 Å². The van der Waals surface area contributed by atoms with E-state index in [9.17, 15) is 24.3 Å². The summed E-state index contributed by atoms with van der Waals surface area (Å²) in [4.78, 5) is 55.9. The number of hydrogen-bond donors (Lipinski definition) is 1. The maximum absolute atomic E-state index is 14.9. The van der Waals surface area contributed by atoms with Gasteiger partial charge in [-0.15, -0.1) is 0 Å². The van der Waals surface area contributed by atoms with Gasteiger partial charge in [-0.2, -0.15) is 0 Å². The molecule has 7 heteroatoms. The number of ketones is 4. The van der Waals surface area contributed by atoms with Gasteiger partial charge in [0.2, 0.25) is 11.4 Å². The Balaban J connectivity index is 0.980. The van der Waals surface area contributed by atoms with Crippen molar-refractivity contribution in [2.24, 2.45) is 67.5 Å². The highest BCUT2D eigenvalue weighted by atomic mass is 16.7. The molecule has 1 heterocycles. The van der Waals surface area contributed by atoms with Crippen LogP contribution in [0.4, 0.5) is 0 Å². The van der Waals surface area contributed by atoms with E-state index in [1.807, 2.05) is 13.0 Å². The summed E-state index contributed by atoms with van der Waals surface area (Å²) < 4.78 is 13.9. The second-order valence-corrected chi connectivity index (χ2v) is 25.7. The quantitative estimate of drug-likeness (QED) is 0.277. The van der Waals surface area contributed by atoms with E-state index in [0.29, 0.717) is 59.7 Å². The minimum absolute atomic E-state index is 0.00664. The van der Waals surface area contributed by atoms with Crippen LogP contribution in [-0.4, -0.2) is 39.6 Å². The number of hydrogen-bond acceptors (Lipinski definition) is 7. The molecule has 0 amide bonds. The van der Waals surface area contributed by atoms with E-state index < -0.39 is 22.6 Å². The number of carbonyl (C=O) groups is 4. The summed E-state index contributed by atoms with van der Waals surface area (Å²) in [5.74, 6) is -0.0711. The van der Waals surface area contributed by atoms with Gasteiger partial charge >= 0.3 is 5.79 Å². The van der Waals surface area contributed by atoms with E-state index in [1.54, 1.807) is 13.0 Å². The molecule has 63 heavy (non-hydrogen) atoms. The Labute approximate surface area is 375 Å². The largest absolute Gasteiger partial charge is 0.471 e. The predicted molar refractivity (Wildman–Crippen MR) is 242 cm³/mol. The number of fused-ring (bicyclic) bond motifs is 17. The Morgan fingerprint density at radius 3 is 1.87 bits per heavy atom. The first-order valence-corrected chi connectivity index (χ1v) is 24.8. The normalized spacial score (nSPS) is 51.6. The Kier molecular flexibility index (Phi) is 8.17. The average Bonchev–Trinajstić information content (AvgIpc) is 3.21. The third kappa shape index (κ3) is 4.68. The molecule has 0 saturated heterocycles. The number of Topliss-reactive ketones (excluding diaryl/α,β-unsaturated/α-hetero) is 3. The first kappa shape index (κ1) is 42.3. The SMILES string of the molecule is Cc1c2c(cc3c1C(=O)C[C@H]1[C@@]3(C)CC[C@@]3(C)[C@@H]4C[C@@H](C)C(=O)C[C@]4(C)CC[C@]13C)O[C@]1(O)C(=O)C=C3C(=CC=C4[C@@]3(C)CC[C@@]3(C)[C@@H]5C[C@@H](C)C(=O)C[C@]5(C)CC[C@]43C)[C@]1(C)O2. The number of aliphatic hydroxyl groups is 1. The van der Waals surface area contributed by atoms with Crippen LogP contribution >= 0.6 is 0 Å². The zero-order valence-corrected chi connectivity index (χ0v) is 40.3. The van der Waals surface area contributed by atoms with Crippen LogP contribution in [0.25, 0.3) is 0 Å². The van der Waals surface area contributed by atoms with E-state index in [4.69, 9.17) is 9.47 Å². The van der Waals surface area contributed by atoms with Gasteiger partial charge in [-0.3, -0.25) is 19.2 Å². The van der Waals surface area contributed by atoms with Crippen molar-refractivity contribution in [1.29, 1.82) is 0 Å². The average molecular weight is 857 g/mol. The van der Waals surface area contributed by atoms with Gasteiger partial charge in [0.15, 0.2) is 17.3 Å². The van der Waals surface area contributed by atoms with Gasteiger partial charge in [-0.25, -0.2) is 0 Å². The lowest BCUT2D eigenvalue weighted by atomic mass is 9.33. The number of carbonyl (C=O) groups excluding carboxylic acids is 4. The Morgan fingerprint density at radius 2 is 1.22 bits per heavy atom. The molecule has 11 rings (SSSR count). The first-order valence-electron chi connectivity index (χ1n) is 24.8. The molecule has 6 fully saturated rings. The summed E-state index contributed by atoms with van der Waals surface area (Å²) in [5, 5.41) is 12.8. The van der Waals surface area contributed by atoms with Crippen molar-refractivity contribution in [3.05, 3.63) is 57.7 Å². The van der Waals surface area contributed by atoms with Gasteiger partial charge in [0.05, 0.1) is 0 Å². The van der Waals surface area contributed by atoms with E-state index in [1.165, 1.54) is 5.57 Å². The summed E-state index contributed by atoms with van der Waals surface area (Å²) >= 11 is 0. The van der Waals surface area contributed by atoms with Gasteiger partial charge in [-0.05, 0) is 157 Å². The second kappa shape index (κ2) is 12.2. The van der Waals surface area contributed by atoms with Gasteiger partial charge in [-0.1, -0.05) is 87.0 Å². The van der Waals surface area contributed by atoms with Crippen LogP contribution in [-0.2, 0) is 19.8 Å². The molecule has 15 atom stereocenters. The van der Waals surface area contributed by atoms with Crippen molar-refractivity contribution in [1.82, 2.24) is 0 Å². The fourth-order valence-corrected chi connectivity index (χ4v) is 18.5. The summed E-state index contributed by atoms with van der Waals surface area (Å²) in [6.07, 6.45) is 17.4. The molecular weight excluding hydrogens is 785 g/mol. The van der Waals surface area contributed by atoms with E-state index in [2.05, 4.69) is 81.4 Å². The van der Waals surface area contributed by atoms with Gasteiger partial charge < -0.3 is 14.6 Å². The maximum Gasteiger partial charge on any atom is 0.317 e. The molecule has 0 unspecified atom stereocenters. The van der Waals surface area contributed by atoms with Gasteiger partial charge in [0, 0.05) is 53.2 Å². The van der Waals surface area contributed by atoms with Crippen molar-refractivity contribution in [3.63, 3.8) is 0 Å². The molecule has 1 aromatic rings. The number of rotatable bonds is 0. The lowest BCUT2D eigenvalue weighted by molar-refractivity contribution is -0.231. The molecule has 1 aromatic carbocycles. The standard InChI is InChI=1S/C56H72O7/c1-30-23-41-47(4,28-37(30)58)15-19-51(8)40-14-13-33-34(49(40,6)17-21-52(41,51)9)26-44(60)56(61)55(33,12)63-46-32(3)45-35(25-39(46)62-56)50(7)18-22-53(10)42-24-31(2)38(59)29-48(42,5)16-20-54(53,11)43(50)27-36(45)57/h13-14,25-26,30-31,41-43,61H,15-24,27-29H2,1-12H3/t30-,31-,41-,42-,43+,47+,48+,49+,50+,51-,52+,53+,54-,55+,56-/m1/s1. The van der Waals surface area contributed by atoms with E-state index in [-0.39, 0.29) is 61.4 Å². The molecule has 7 nitrogen and oxygen atoms in total. The van der Waals surface area contributed by atoms with Crippen LogP contribution in [0, 0.1) is 74.4 Å². The summed E-state index contributed by atoms with van der Waals surface area (Å²) in [6, 6.07) is 1.96. The van der Waals surface area contributed by atoms with Crippen molar-refractivity contribution in [2.75, 3.05) is 0 Å². The van der Waals surface area contributed by atoms with Gasteiger partial charge in [0.25, 0.3) is 0 Å². The fourth-order valence-electron chi connectivity index (χ4n) is 18.5. The van der Waals surface area contributed by atoms with Gasteiger partial charge in [0.1, 0.15) is 11.6 Å². The predicted octanol–water partition coefficient (Wildman–Crippen LogP) is 11.5. The Bertz CT molecular complexity index is 2470. The molecular formula is C56H72O7. The minimum atomic E-state index is -2.32. The van der Waals surface area contributed by atoms with E-state index >= 15 is 0 Å². The van der Waals surface area contributed by atoms with Crippen LogP contribution < -0.4 is 9.47 Å². The number of allylic oxidation sites excluding steroid dienone is 3. The third-order valence-electron chi connectivity index (χ3n) is 23.1. The summed E-state index contributed by atoms with van der Waals surface area (Å²) in [6.45, 7) is 27.2. The second-order valence-electron chi connectivity index (χ2n) is 25.7. The van der Waals surface area contributed by atoms with Crippen LogP contribution in [0.2, 0.25) is 0 Å². The lowest BCUT2D eigenvalue weighted by Crippen LogP contribution is -2.70. The zero-order chi connectivity index (χ0) is 45.2. The molecule has 0 spiro atoms. The molecule has 9 aliphatic carbocycles. The molecule has 338 valence electrons. The minimum Gasteiger partial charge on any atom is -0.471 e. The molecule has 0 radical (unpaired) electrons. The van der Waals surface area contributed by atoms with Crippen molar-refractivity contribution >= 4 is 23.1 Å². The molecule has 0 bridgehead atoms. The van der Waals surface area contributed by atoms with Crippen LogP contribution in [0.15, 0.2) is 41.0 Å². The molecule has 0 aromatic heterocycles. The van der Waals surface area contributed by atoms with Crippen molar-refractivity contribution in [2.45, 2.75) is 183 Å². The summed E-state index contributed by atoms with van der Waals surface area (Å²) in [5.41, 5.74) is 2.67. The number of benzene rings is 1. The van der Waals surface area contributed by atoms with E-state index in [0.717, 1.165) is 86.5 Å². The monoisotopic (exact) mass is 857 g/mol. The smallest absolute Gasteiger partial charge is 0.317 e. The van der Waals surface area contributed by atoms with Crippen molar-refractivity contribution < 1.29 is 33.8 Å². The molecule has 1 N–H and O–H groups in total. The topological polar surface area (TPSA) is 107 Å². The first-order chi connectivity index (χ1) is 29.2. The lowest BCUT2D eigenvalue weighted by Gasteiger charge is -2.71. The third-order valence-corrected chi connectivity index (χ3v) is 23.1. The highest BCUT2D eigenvalue weighted by molar-refractivity contribution is 6.04. The molecule has 6 saturated carbocycles. The molecule has 1 aliphatic heterocycles. The Morgan fingerprint density at radius 1 is 0.651 bits per heavy atom. The van der Waals surface area contributed by atoms with Crippen LogP contribution in [0.5, 0.6) is 11.5 Å². The number of ether oxygens (including phenoxy) is 2. The summed E-state index contributed by atoms with van der Waals surface area (Å²) in [7, 11) is 0. The highest BCUT2D eigenvalue weighted by Gasteiger charge is 2.72. The fraction of sp³-hybridized carbons (Fsp3) is 0.714. The van der Waals surface area contributed by atoms with Crippen LogP contribution in [0.3, 0.4) is 0 Å². The molecule has 10 aliphatic rings. The van der Waals surface area contributed by atoms with Crippen LogP contribution in [0.1, 0.15) is 181 Å². The highest BCUT2D eigenvalue weighted by Crippen LogP contribution is 2.77. The zero-order valence-electron chi connectivity index (χ0n) is 40.3. The Hall–Kier alpha value is -3.32. The maximum atomic E-state index is 14.9.